The van der Waals surface area contributed by atoms with Gasteiger partial charge in [0, 0.05) is 41.8 Å². The van der Waals surface area contributed by atoms with Crippen molar-refractivity contribution < 1.29 is 9.47 Å². The Morgan fingerprint density at radius 2 is 2.29 bits per heavy atom. The third kappa shape index (κ3) is 4.95. The molecule has 0 spiro atoms. The van der Waals surface area contributed by atoms with Gasteiger partial charge in [0.25, 0.3) is 0 Å². The molecule has 1 heterocycles. The van der Waals surface area contributed by atoms with Crippen molar-refractivity contribution in [3.8, 4) is 5.75 Å². The summed E-state index contributed by atoms with van der Waals surface area (Å²) in [7, 11) is 1.73. The van der Waals surface area contributed by atoms with Crippen LogP contribution in [-0.2, 0) is 11.3 Å². The van der Waals surface area contributed by atoms with Crippen LogP contribution in [0.1, 0.15) is 19.4 Å². The first-order valence-corrected chi connectivity index (χ1v) is 8.27. The average molecular weight is 357 g/mol. The van der Waals surface area contributed by atoms with Gasteiger partial charge in [0.05, 0.1) is 20.3 Å². The minimum atomic E-state index is 0.407. The third-order valence-corrected chi connectivity index (χ3v) is 4.22. The number of nitrogens with one attached hydrogen (secondary N) is 1. The molecule has 0 saturated carbocycles. The molecule has 118 valence electrons. The third-order valence-electron chi connectivity index (χ3n) is 3.73. The van der Waals surface area contributed by atoms with Crippen LogP contribution in [0, 0.1) is 0 Å². The van der Waals surface area contributed by atoms with Gasteiger partial charge >= 0.3 is 0 Å². The number of hydrogen-bond donors (Lipinski definition) is 1. The van der Waals surface area contributed by atoms with Gasteiger partial charge in [-0.25, -0.2) is 0 Å². The second kappa shape index (κ2) is 8.13. The van der Waals surface area contributed by atoms with E-state index in [1.54, 1.807) is 7.11 Å². The van der Waals surface area contributed by atoms with Gasteiger partial charge in [0.15, 0.2) is 0 Å². The maximum Gasteiger partial charge on any atom is 0.123 e. The van der Waals surface area contributed by atoms with Crippen molar-refractivity contribution in [1.29, 1.82) is 0 Å². The van der Waals surface area contributed by atoms with E-state index in [1.165, 1.54) is 5.56 Å². The van der Waals surface area contributed by atoms with Gasteiger partial charge in [0.1, 0.15) is 5.75 Å². The molecule has 1 aromatic rings. The van der Waals surface area contributed by atoms with Crippen molar-refractivity contribution in [3.05, 3.63) is 28.2 Å². The zero-order chi connectivity index (χ0) is 15.2. The fraction of sp³-hybridized carbons (Fsp3) is 0.625. The van der Waals surface area contributed by atoms with Gasteiger partial charge in [-0.05, 0) is 18.2 Å². The Balaban J connectivity index is 2.06. The number of halogens is 1. The van der Waals surface area contributed by atoms with Crippen molar-refractivity contribution in [2.24, 2.45) is 0 Å². The monoisotopic (exact) mass is 356 g/mol. The molecule has 0 amide bonds. The molecule has 0 aromatic heterocycles. The van der Waals surface area contributed by atoms with Crippen molar-refractivity contribution in [1.82, 2.24) is 10.2 Å². The van der Waals surface area contributed by atoms with Crippen LogP contribution in [0.15, 0.2) is 22.7 Å². The Bertz CT molecular complexity index is 454. The minimum absolute atomic E-state index is 0.407. The summed E-state index contributed by atoms with van der Waals surface area (Å²) in [4.78, 5) is 2.48. The van der Waals surface area contributed by atoms with Gasteiger partial charge in [-0.2, -0.15) is 0 Å². The maximum atomic E-state index is 5.64. The van der Waals surface area contributed by atoms with Crippen LogP contribution in [0.2, 0.25) is 0 Å². The zero-order valence-corrected chi connectivity index (χ0v) is 14.6. The van der Waals surface area contributed by atoms with Crippen LogP contribution in [0.25, 0.3) is 0 Å². The summed E-state index contributed by atoms with van der Waals surface area (Å²) in [5, 5.41) is 3.51. The molecule has 1 unspecified atom stereocenters. The highest BCUT2D eigenvalue weighted by Gasteiger charge is 2.24. The number of hydrogen-bond acceptors (Lipinski definition) is 4. The molecule has 1 fully saturated rings. The van der Waals surface area contributed by atoms with Gasteiger partial charge in [-0.1, -0.05) is 29.8 Å². The van der Waals surface area contributed by atoms with Crippen molar-refractivity contribution >= 4 is 15.9 Å². The fourth-order valence-electron chi connectivity index (χ4n) is 2.55. The first kappa shape index (κ1) is 16.7. The summed E-state index contributed by atoms with van der Waals surface area (Å²) in [6, 6.07) is 7.07. The van der Waals surface area contributed by atoms with Crippen molar-refractivity contribution in [2.75, 3.05) is 33.4 Å². The summed E-state index contributed by atoms with van der Waals surface area (Å²) in [6.07, 6.45) is 0. The maximum absolute atomic E-state index is 5.64. The molecule has 0 aliphatic carbocycles. The Morgan fingerprint density at radius 1 is 1.48 bits per heavy atom. The number of benzene rings is 1. The molecule has 1 saturated heterocycles. The number of nitrogens with zero attached hydrogens (tertiary/aromatic N) is 1. The lowest BCUT2D eigenvalue weighted by atomic mass is 10.1. The van der Waals surface area contributed by atoms with E-state index < -0.39 is 0 Å². The van der Waals surface area contributed by atoms with E-state index in [-0.39, 0.29) is 0 Å². The number of methoxy groups -OCH3 is 1. The molecule has 4 nitrogen and oxygen atoms in total. The summed E-state index contributed by atoms with van der Waals surface area (Å²) in [5.41, 5.74) is 1.21. The largest absolute Gasteiger partial charge is 0.496 e. The summed E-state index contributed by atoms with van der Waals surface area (Å²) in [6.45, 7) is 8.73. The van der Waals surface area contributed by atoms with Crippen LogP contribution in [0.5, 0.6) is 5.75 Å². The average Bonchev–Trinajstić information content (AvgIpc) is 2.46. The van der Waals surface area contributed by atoms with E-state index in [0.717, 1.165) is 43.1 Å². The Labute approximate surface area is 135 Å². The van der Waals surface area contributed by atoms with Crippen LogP contribution in [0.3, 0.4) is 0 Å². The first-order valence-electron chi connectivity index (χ1n) is 7.47. The SMILES string of the molecule is COc1ccc(Br)cc1CN1CCOCC1CNC(C)C. The predicted octanol–water partition coefficient (Wildman–Crippen LogP) is 2.66. The number of rotatable bonds is 6. The van der Waals surface area contributed by atoms with E-state index in [0.29, 0.717) is 12.1 Å². The lowest BCUT2D eigenvalue weighted by Gasteiger charge is -2.36. The lowest BCUT2D eigenvalue weighted by molar-refractivity contribution is -0.0117. The van der Waals surface area contributed by atoms with Gasteiger partial charge in [-0.3, -0.25) is 4.90 Å². The van der Waals surface area contributed by atoms with Crippen LogP contribution in [0.4, 0.5) is 0 Å². The van der Waals surface area contributed by atoms with Crippen molar-refractivity contribution in [2.45, 2.75) is 32.5 Å². The molecular weight excluding hydrogens is 332 g/mol. The number of ether oxygens (including phenoxy) is 2. The highest BCUT2D eigenvalue weighted by atomic mass is 79.9. The first-order chi connectivity index (χ1) is 10.1. The molecule has 1 aliphatic heterocycles. The van der Waals surface area contributed by atoms with Gasteiger partial charge in [-0.15, -0.1) is 0 Å². The van der Waals surface area contributed by atoms with E-state index in [1.807, 2.05) is 12.1 Å². The summed E-state index contributed by atoms with van der Waals surface area (Å²) < 4.78 is 12.2. The highest BCUT2D eigenvalue weighted by Crippen LogP contribution is 2.25. The summed E-state index contributed by atoms with van der Waals surface area (Å²) >= 11 is 3.54. The molecule has 1 atom stereocenters. The van der Waals surface area contributed by atoms with Crippen LogP contribution in [-0.4, -0.2) is 50.4 Å². The standard InChI is InChI=1S/C16H25BrN2O2/c1-12(2)18-9-15-11-21-7-6-19(15)10-13-8-14(17)4-5-16(13)20-3/h4-5,8,12,15,18H,6-7,9-11H2,1-3H3. The zero-order valence-electron chi connectivity index (χ0n) is 13.1. The molecule has 1 aromatic carbocycles. The highest BCUT2D eigenvalue weighted by molar-refractivity contribution is 9.10. The topological polar surface area (TPSA) is 33.7 Å². The lowest BCUT2D eigenvalue weighted by Crippen LogP contribution is -2.50. The normalized spacial score (nSPS) is 20.0. The molecule has 0 bridgehead atoms. The van der Waals surface area contributed by atoms with E-state index >= 15 is 0 Å². The van der Waals surface area contributed by atoms with Crippen molar-refractivity contribution in [3.63, 3.8) is 0 Å². The molecule has 21 heavy (non-hydrogen) atoms. The smallest absolute Gasteiger partial charge is 0.123 e. The Morgan fingerprint density at radius 3 is 3.00 bits per heavy atom. The van der Waals surface area contributed by atoms with Gasteiger partial charge < -0.3 is 14.8 Å². The van der Waals surface area contributed by atoms with E-state index in [2.05, 4.69) is 46.1 Å². The molecule has 5 heteroatoms. The quantitative estimate of drug-likeness (QED) is 0.849. The summed E-state index contributed by atoms with van der Waals surface area (Å²) in [5.74, 6) is 0.945. The van der Waals surface area contributed by atoms with Gasteiger partial charge in [0.2, 0.25) is 0 Å². The molecule has 2 rings (SSSR count). The Hall–Kier alpha value is -0.620. The van der Waals surface area contributed by atoms with Crippen LogP contribution >= 0.6 is 15.9 Å². The minimum Gasteiger partial charge on any atom is -0.496 e. The van der Waals surface area contributed by atoms with Crippen LogP contribution < -0.4 is 10.1 Å². The molecular formula is C16H25BrN2O2. The number of morpholine rings is 1. The second-order valence-corrected chi connectivity index (χ2v) is 6.63. The van der Waals surface area contributed by atoms with E-state index in [4.69, 9.17) is 9.47 Å². The molecule has 0 radical (unpaired) electrons. The Kier molecular flexibility index (Phi) is 6.48. The second-order valence-electron chi connectivity index (χ2n) is 5.72. The predicted molar refractivity (Wildman–Crippen MR) is 88.8 cm³/mol. The molecule has 1 N–H and O–H groups in total. The fourth-order valence-corrected chi connectivity index (χ4v) is 2.96. The van der Waals surface area contributed by atoms with E-state index in [9.17, 15) is 0 Å². The molecule has 1 aliphatic rings.